The Hall–Kier alpha value is -1.30. The molecule has 2 rings (SSSR count). The highest BCUT2D eigenvalue weighted by molar-refractivity contribution is 5.23. The number of nitrogens with zero attached hydrogens (tertiary/aromatic N) is 2. The van der Waals surface area contributed by atoms with Crippen molar-refractivity contribution in [2.75, 3.05) is 19.6 Å². The summed E-state index contributed by atoms with van der Waals surface area (Å²) in [7, 11) is 0. The predicted octanol–water partition coefficient (Wildman–Crippen LogP) is 3.61. The quantitative estimate of drug-likeness (QED) is 0.849. The summed E-state index contributed by atoms with van der Waals surface area (Å²) < 4.78 is 42.8. The molecule has 1 aliphatic rings. The van der Waals surface area contributed by atoms with E-state index >= 15 is 0 Å². The van der Waals surface area contributed by atoms with Crippen LogP contribution in [-0.2, 0) is 0 Å². The van der Waals surface area contributed by atoms with Crippen LogP contribution in [0.2, 0.25) is 0 Å². The summed E-state index contributed by atoms with van der Waals surface area (Å²) in [6.45, 7) is 4.17. The summed E-state index contributed by atoms with van der Waals surface area (Å²) >= 11 is 0. The lowest BCUT2D eigenvalue weighted by molar-refractivity contribution is -0.149. The number of likely N-dealkylation sites (tertiary alicyclic amines) is 1. The maximum atomic E-state index is 12.3. The Kier molecular flexibility index (Phi) is 5.08. The third-order valence-electron chi connectivity index (χ3n) is 3.65. The number of piperidine rings is 1. The molecule has 1 aliphatic heterocycles. The van der Waals surface area contributed by atoms with Gasteiger partial charge in [0.05, 0.1) is 6.54 Å². The first-order valence-corrected chi connectivity index (χ1v) is 7.25. The van der Waals surface area contributed by atoms with E-state index in [1.54, 1.807) is 6.20 Å². The minimum Gasteiger partial charge on any atom is -0.474 e. The Bertz CT molecular complexity index is 454. The van der Waals surface area contributed by atoms with Gasteiger partial charge in [0.2, 0.25) is 5.88 Å². The molecule has 2 heterocycles. The van der Waals surface area contributed by atoms with E-state index in [0.29, 0.717) is 37.7 Å². The normalized spacial score (nSPS) is 18.2. The molecule has 6 heteroatoms. The third-order valence-corrected chi connectivity index (χ3v) is 3.65. The van der Waals surface area contributed by atoms with Crippen LogP contribution in [0, 0.1) is 0 Å². The van der Waals surface area contributed by atoms with Crippen molar-refractivity contribution in [3.63, 3.8) is 0 Å². The van der Waals surface area contributed by atoms with Crippen molar-refractivity contribution >= 4 is 0 Å². The average molecular weight is 302 g/mol. The molecule has 0 aromatic carbocycles. The lowest BCUT2D eigenvalue weighted by atomic mass is 10.1. The zero-order chi connectivity index (χ0) is 15.5. The molecule has 0 N–H and O–H groups in total. The van der Waals surface area contributed by atoms with Gasteiger partial charge in [-0.15, -0.1) is 0 Å². The zero-order valence-corrected chi connectivity index (χ0v) is 12.4. The molecule has 0 aliphatic carbocycles. The van der Waals surface area contributed by atoms with Crippen molar-refractivity contribution in [1.82, 2.24) is 9.88 Å². The van der Waals surface area contributed by atoms with Gasteiger partial charge in [-0.2, -0.15) is 13.2 Å². The lowest BCUT2D eigenvalue weighted by Gasteiger charge is -2.32. The van der Waals surface area contributed by atoms with Crippen LogP contribution in [0.3, 0.4) is 0 Å². The van der Waals surface area contributed by atoms with E-state index in [1.807, 2.05) is 12.1 Å². The van der Waals surface area contributed by atoms with Gasteiger partial charge in [0.1, 0.15) is 6.10 Å². The second-order valence-electron chi connectivity index (χ2n) is 5.79. The molecule has 0 amide bonds. The van der Waals surface area contributed by atoms with E-state index in [2.05, 4.69) is 18.8 Å². The molecule has 0 unspecified atom stereocenters. The first-order chi connectivity index (χ1) is 9.83. The SMILES string of the molecule is CC(C)c1ccnc(OC2CCN(CC(F)(F)F)CC2)c1. The number of rotatable bonds is 4. The van der Waals surface area contributed by atoms with Crippen molar-refractivity contribution < 1.29 is 17.9 Å². The number of hydrogen-bond donors (Lipinski definition) is 0. The lowest BCUT2D eigenvalue weighted by Crippen LogP contribution is -2.42. The fraction of sp³-hybridized carbons (Fsp3) is 0.667. The Morgan fingerprint density at radius 1 is 1.33 bits per heavy atom. The van der Waals surface area contributed by atoms with Crippen molar-refractivity contribution in [2.45, 2.75) is 44.9 Å². The Balaban J connectivity index is 1.85. The summed E-state index contributed by atoms with van der Waals surface area (Å²) in [6, 6.07) is 3.86. The fourth-order valence-corrected chi connectivity index (χ4v) is 2.46. The largest absolute Gasteiger partial charge is 0.474 e. The van der Waals surface area contributed by atoms with E-state index in [1.165, 1.54) is 4.90 Å². The van der Waals surface area contributed by atoms with Gasteiger partial charge in [0.25, 0.3) is 0 Å². The first-order valence-electron chi connectivity index (χ1n) is 7.25. The molecule has 1 aromatic heterocycles. The van der Waals surface area contributed by atoms with Crippen LogP contribution in [-0.4, -0.2) is 41.8 Å². The summed E-state index contributed by atoms with van der Waals surface area (Å²) in [4.78, 5) is 5.61. The highest BCUT2D eigenvalue weighted by Crippen LogP contribution is 2.23. The Morgan fingerprint density at radius 2 is 2.00 bits per heavy atom. The molecule has 0 radical (unpaired) electrons. The number of halogens is 3. The van der Waals surface area contributed by atoms with Crippen LogP contribution in [0.15, 0.2) is 18.3 Å². The van der Waals surface area contributed by atoms with Gasteiger partial charge < -0.3 is 4.74 Å². The van der Waals surface area contributed by atoms with Crippen molar-refractivity contribution in [2.24, 2.45) is 0 Å². The van der Waals surface area contributed by atoms with Crippen LogP contribution in [0.5, 0.6) is 5.88 Å². The maximum Gasteiger partial charge on any atom is 0.401 e. The fourth-order valence-electron chi connectivity index (χ4n) is 2.46. The zero-order valence-electron chi connectivity index (χ0n) is 12.4. The van der Waals surface area contributed by atoms with E-state index in [4.69, 9.17) is 4.74 Å². The summed E-state index contributed by atoms with van der Waals surface area (Å²) in [6.07, 6.45) is -1.26. The van der Waals surface area contributed by atoms with Gasteiger partial charge in [-0.3, -0.25) is 4.90 Å². The van der Waals surface area contributed by atoms with Crippen LogP contribution >= 0.6 is 0 Å². The third kappa shape index (κ3) is 5.19. The number of hydrogen-bond acceptors (Lipinski definition) is 3. The minimum absolute atomic E-state index is 0.0515. The summed E-state index contributed by atoms with van der Waals surface area (Å²) in [5, 5.41) is 0. The average Bonchev–Trinajstić information content (AvgIpc) is 2.40. The van der Waals surface area contributed by atoms with Crippen molar-refractivity contribution in [3.05, 3.63) is 23.9 Å². The molecular weight excluding hydrogens is 281 g/mol. The monoisotopic (exact) mass is 302 g/mol. The second-order valence-corrected chi connectivity index (χ2v) is 5.79. The number of alkyl halides is 3. The van der Waals surface area contributed by atoms with Crippen LogP contribution in [0.25, 0.3) is 0 Å². The van der Waals surface area contributed by atoms with Gasteiger partial charge in [0.15, 0.2) is 0 Å². The number of aromatic nitrogens is 1. The van der Waals surface area contributed by atoms with Crippen molar-refractivity contribution in [3.8, 4) is 5.88 Å². The second kappa shape index (κ2) is 6.64. The molecule has 0 atom stereocenters. The van der Waals surface area contributed by atoms with Crippen LogP contribution < -0.4 is 4.74 Å². The van der Waals surface area contributed by atoms with Gasteiger partial charge in [-0.25, -0.2) is 4.98 Å². The number of ether oxygens (including phenoxy) is 1. The molecule has 0 saturated carbocycles. The Labute approximate surface area is 123 Å². The van der Waals surface area contributed by atoms with Crippen LogP contribution in [0.4, 0.5) is 13.2 Å². The molecule has 0 spiro atoms. The van der Waals surface area contributed by atoms with Gasteiger partial charge >= 0.3 is 6.18 Å². The standard InChI is InChI=1S/C15H21F3N2O/c1-11(2)12-3-6-19-14(9-12)21-13-4-7-20(8-5-13)10-15(16,17)18/h3,6,9,11,13H,4-5,7-8,10H2,1-2H3. The van der Waals surface area contributed by atoms with Crippen molar-refractivity contribution in [1.29, 1.82) is 0 Å². The highest BCUT2D eigenvalue weighted by Gasteiger charge is 2.32. The predicted molar refractivity (Wildman–Crippen MR) is 74.5 cm³/mol. The van der Waals surface area contributed by atoms with E-state index in [0.717, 1.165) is 5.56 Å². The molecule has 21 heavy (non-hydrogen) atoms. The van der Waals surface area contributed by atoms with E-state index in [-0.39, 0.29) is 6.10 Å². The van der Waals surface area contributed by atoms with E-state index < -0.39 is 12.7 Å². The first kappa shape index (κ1) is 16.1. The molecule has 0 bridgehead atoms. The molecule has 118 valence electrons. The summed E-state index contributed by atoms with van der Waals surface area (Å²) in [5.41, 5.74) is 1.15. The Morgan fingerprint density at radius 3 is 2.57 bits per heavy atom. The molecule has 3 nitrogen and oxygen atoms in total. The topological polar surface area (TPSA) is 25.4 Å². The van der Waals surface area contributed by atoms with Gasteiger partial charge in [-0.05, 0) is 30.4 Å². The minimum atomic E-state index is -4.12. The molecule has 1 fully saturated rings. The van der Waals surface area contributed by atoms with Gasteiger partial charge in [-0.1, -0.05) is 13.8 Å². The van der Waals surface area contributed by atoms with Gasteiger partial charge in [0, 0.05) is 25.4 Å². The summed E-state index contributed by atoms with van der Waals surface area (Å²) in [5.74, 6) is 0.958. The van der Waals surface area contributed by atoms with E-state index in [9.17, 15) is 13.2 Å². The van der Waals surface area contributed by atoms with Crippen LogP contribution in [0.1, 0.15) is 38.2 Å². The molecular formula is C15H21F3N2O. The number of pyridine rings is 1. The molecule has 1 aromatic rings. The smallest absolute Gasteiger partial charge is 0.401 e. The highest BCUT2D eigenvalue weighted by atomic mass is 19.4. The molecule has 1 saturated heterocycles. The maximum absolute atomic E-state index is 12.3.